The number of rotatable bonds is 6. The van der Waals surface area contributed by atoms with Gasteiger partial charge in [0.25, 0.3) is 0 Å². The first-order valence-electron chi connectivity index (χ1n) is 18.7. The van der Waals surface area contributed by atoms with Crippen molar-refractivity contribution in [3.05, 3.63) is 218 Å². The maximum atomic E-state index is 2.37. The van der Waals surface area contributed by atoms with Gasteiger partial charge in [-0.3, -0.25) is 0 Å². The molecule has 0 spiro atoms. The van der Waals surface area contributed by atoms with Crippen LogP contribution in [0.2, 0.25) is 0 Å². The van der Waals surface area contributed by atoms with Gasteiger partial charge in [-0.2, -0.15) is 0 Å². The Morgan fingerprint density at radius 1 is 0.167 bits per heavy atom. The van der Waals surface area contributed by atoms with Crippen LogP contribution in [-0.2, 0) is 0 Å². The highest BCUT2D eigenvalue weighted by Gasteiger charge is 2.28. The fourth-order valence-corrected chi connectivity index (χ4v) is 8.63. The van der Waals surface area contributed by atoms with Crippen LogP contribution in [0.4, 0.5) is 0 Å². The van der Waals surface area contributed by atoms with Gasteiger partial charge in [0.05, 0.1) is 0 Å². The molecule has 10 aromatic rings. The van der Waals surface area contributed by atoms with Gasteiger partial charge >= 0.3 is 0 Å². The highest BCUT2D eigenvalue weighted by molar-refractivity contribution is 6.37. The molecule has 0 radical (unpaired) electrons. The Hall–Kier alpha value is -7.02. The van der Waals surface area contributed by atoms with Gasteiger partial charge in [-0.15, -0.1) is 0 Å². The smallest absolute Gasteiger partial charge is 0.0000940 e. The van der Waals surface area contributed by atoms with Crippen LogP contribution in [0.15, 0.2) is 218 Å². The molecule has 0 saturated heterocycles. The monoisotopic (exact) mass is 684 g/mol. The Kier molecular flexibility index (Phi) is 7.93. The molecule has 0 heterocycles. The maximum Gasteiger partial charge on any atom is -0.0000940 e. The summed E-state index contributed by atoms with van der Waals surface area (Å²) in [5, 5.41) is 7.55. The zero-order valence-electron chi connectivity index (χ0n) is 29.8. The fourth-order valence-electron chi connectivity index (χ4n) is 8.63. The van der Waals surface area contributed by atoms with Crippen LogP contribution in [0, 0.1) is 0 Å². The lowest BCUT2D eigenvalue weighted by Crippen LogP contribution is -2.00. The minimum Gasteiger partial charge on any atom is -0.0622 e. The van der Waals surface area contributed by atoms with Crippen LogP contribution in [0.5, 0.6) is 0 Å². The average molecular weight is 685 g/mol. The average Bonchev–Trinajstić information content (AvgIpc) is 3.27. The molecule has 0 heteroatoms. The van der Waals surface area contributed by atoms with Crippen LogP contribution in [0.3, 0.4) is 0 Å². The van der Waals surface area contributed by atoms with Crippen LogP contribution >= 0.6 is 0 Å². The maximum absolute atomic E-state index is 2.37. The minimum atomic E-state index is 1.19. The summed E-state index contributed by atoms with van der Waals surface area (Å²) in [4.78, 5) is 0. The van der Waals surface area contributed by atoms with Crippen molar-refractivity contribution in [2.24, 2.45) is 0 Å². The van der Waals surface area contributed by atoms with Crippen molar-refractivity contribution >= 4 is 32.3 Å². The minimum absolute atomic E-state index is 1.19. The lowest BCUT2D eigenvalue weighted by atomic mass is 9.75. The van der Waals surface area contributed by atoms with E-state index in [1.54, 1.807) is 0 Å². The standard InChI is InChI=1S/C54H36/c1-7-21-37(22-8-1)43-35-36-46-44-33-19-20-34-45(44)53-50(41-29-15-5-16-30-41)48(39-25-11-3-12-26-39)49(40-27-13-4-14-28-40)51(42-31-17-6-18-32-42)54(53)52(46)47(43)38-23-9-2-10-24-38/h1-36H. The first-order valence-corrected chi connectivity index (χ1v) is 18.7. The van der Waals surface area contributed by atoms with E-state index < -0.39 is 0 Å². The molecular weight excluding hydrogens is 649 g/mol. The zero-order valence-corrected chi connectivity index (χ0v) is 29.8. The molecule has 10 rings (SSSR count). The molecule has 0 nitrogen and oxygen atoms in total. The molecule has 0 N–H and O–H groups in total. The topological polar surface area (TPSA) is 0 Å². The van der Waals surface area contributed by atoms with E-state index in [0.717, 1.165) is 0 Å². The molecule has 10 aromatic carbocycles. The van der Waals surface area contributed by atoms with Crippen LogP contribution in [0.1, 0.15) is 0 Å². The molecular formula is C54H36. The van der Waals surface area contributed by atoms with Crippen molar-refractivity contribution in [1.29, 1.82) is 0 Å². The molecule has 54 heavy (non-hydrogen) atoms. The Balaban J connectivity index is 1.60. The van der Waals surface area contributed by atoms with Gasteiger partial charge in [-0.25, -0.2) is 0 Å². The van der Waals surface area contributed by atoms with Crippen molar-refractivity contribution in [2.75, 3.05) is 0 Å². The predicted octanol–water partition coefficient (Wildman–Crippen LogP) is 15.1. The summed E-state index contributed by atoms with van der Waals surface area (Å²) in [6.45, 7) is 0. The second-order valence-corrected chi connectivity index (χ2v) is 13.9. The van der Waals surface area contributed by atoms with E-state index in [9.17, 15) is 0 Å². The van der Waals surface area contributed by atoms with Crippen molar-refractivity contribution < 1.29 is 0 Å². The van der Waals surface area contributed by atoms with Gasteiger partial charge < -0.3 is 0 Å². The molecule has 0 aromatic heterocycles. The predicted molar refractivity (Wildman–Crippen MR) is 232 cm³/mol. The zero-order chi connectivity index (χ0) is 35.8. The van der Waals surface area contributed by atoms with E-state index in [1.165, 1.54) is 99.1 Å². The molecule has 0 aliphatic rings. The Bertz CT molecular complexity index is 2890. The van der Waals surface area contributed by atoms with Gasteiger partial charge in [0.2, 0.25) is 0 Å². The van der Waals surface area contributed by atoms with E-state index in [1.807, 2.05) is 0 Å². The lowest BCUT2D eigenvalue weighted by Gasteiger charge is -2.27. The van der Waals surface area contributed by atoms with E-state index in [2.05, 4.69) is 218 Å². The lowest BCUT2D eigenvalue weighted by molar-refractivity contribution is 1.57. The molecule has 0 saturated carbocycles. The van der Waals surface area contributed by atoms with E-state index >= 15 is 0 Å². The summed E-state index contributed by atoms with van der Waals surface area (Å²) in [7, 11) is 0. The van der Waals surface area contributed by atoms with E-state index in [0.29, 0.717) is 0 Å². The number of hydrogen-bond acceptors (Lipinski definition) is 0. The van der Waals surface area contributed by atoms with Crippen molar-refractivity contribution in [2.45, 2.75) is 0 Å². The second-order valence-electron chi connectivity index (χ2n) is 13.9. The molecule has 0 aliphatic carbocycles. The largest absolute Gasteiger partial charge is 0.0622 e. The van der Waals surface area contributed by atoms with Gasteiger partial charge in [0.1, 0.15) is 0 Å². The van der Waals surface area contributed by atoms with Gasteiger partial charge in [-0.05, 0) is 99.1 Å². The van der Waals surface area contributed by atoms with Crippen molar-refractivity contribution in [3.63, 3.8) is 0 Å². The molecule has 0 aliphatic heterocycles. The Labute approximate surface area is 316 Å². The molecule has 0 amide bonds. The number of fused-ring (bicyclic) bond motifs is 6. The highest BCUT2D eigenvalue weighted by Crippen LogP contribution is 2.56. The summed E-state index contributed by atoms with van der Waals surface area (Å²) in [6, 6.07) is 79.8. The molecule has 0 bridgehead atoms. The summed E-state index contributed by atoms with van der Waals surface area (Å²) in [5.41, 5.74) is 14.6. The summed E-state index contributed by atoms with van der Waals surface area (Å²) < 4.78 is 0. The van der Waals surface area contributed by atoms with Crippen LogP contribution in [-0.4, -0.2) is 0 Å². The number of benzene rings is 10. The fraction of sp³-hybridized carbons (Fsp3) is 0. The van der Waals surface area contributed by atoms with Crippen molar-refractivity contribution in [3.8, 4) is 66.8 Å². The number of hydrogen-bond donors (Lipinski definition) is 0. The third-order valence-electron chi connectivity index (χ3n) is 10.8. The highest BCUT2D eigenvalue weighted by atomic mass is 14.3. The molecule has 0 unspecified atom stereocenters. The molecule has 252 valence electrons. The van der Waals surface area contributed by atoms with E-state index in [-0.39, 0.29) is 0 Å². The molecule has 0 fully saturated rings. The van der Waals surface area contributed by atoms with Gasteiger partial charge in [0.15, 0.2) is 0 Å². The summed E-state index contributed by atoms with van der Waals surface area (Å²) in [6.07, 6.45) is 0. The van der Waals surface area contributed by atoms with E-state index in [4.69, 9.17) is 0 Å². The molecule has 0 atom stereocenters. The first-order chi connectivity index (χ1) is 26.9. The first kappa shape index (κ1) is 31.7. The second kappa shape index (κ2) is 13.5. The Morgan fingerprint density at radius 3 is 0.907 bits per heavy atom. The third-order valence-corrected chi connectivity index (χ3v) is 10.8. The normalized spacial score (nSPS) is 11.3. The summed E-state index contributed by atoms with van der Waals surface area (Å²) >= 11 is 0. The third kappa shape index (κ3) is 5.23. The van der Waals surface area contributed by atoms with Crippen molar-refractivity contribution in [1.82, 2.24) is 0 Å². The Morgan fingerprint density at radius 2 is 0.463 bits per heavy atom. The van der Waals surface area contributed by atoms with Gasteiger partial charge in [-0.1, -0.05) is 218 Å². The quantitative estimate of drug-likeness (QED) is 0.153. The van der Waals surface area contributed by atoms with Crippen LogP contribution in [0.25, 0.3) is 99.1 Å². The SMILES string of the molecule is c1ccc(-c2ccc3c4ccccc4c4c(-c5ccccc5)c(-c5ccccc5)c(-c5ccccc5)c(-c5ccccc5)c4c3c2-c2ccccc2)cc1. The summed E-state index contributed by atoms with van der Waals surface area (Å²) in [5.74, 6) is 0. The van der Waals surface area contributed by atoms with Gasteiger partial charge in [0, 0.05) is 0 Å². The van der Waals surface area contributed by atoms with Crippen LogP contribution < -0.4 is 0 Å².